The Balaban J connectivity index is 2.91. The third-order valence-corrected chi connectivity index (χ3v) is 3.13. The van der Waals surface area contributed by atoms with E-state index < -0.39 is 0 Å². The quantitative estimate of drug-likeness (QED) is 0.840. The van der Waals surface area contributed by atoms with Crippen LogP contribution in [-0.4, -0.2) is 29.2 Å². The lowest BCUT2D eigenvalue weighted by Crippen LogP contribution is -2.23. The molecular formula is C14H24ClN3O. The number of halogens is 1. The van der Waals surface area contributed by atoms with E-state index in [0.717, 1.165) is 17.2 Å². The minimum Gasteiger partial charge on any atom is -0.377 e. The van der Waals surface area contributed by atoms with E-state index in [1.807, 2.05) is 20.8 Å². The molecule has 0 aliphatic heterocycles. The number of hydrogen-bond donors (Lipinski definition) is 1. The van der Waals surface area contributed by atoms with Crippen molar-refractivity contribution in [3.05, 3.63) is 16.5 Å². The van der Waals surface area contributed by atoms with Gasteiger partial charge in [0.15, 0.2) is 0 Å². The third kappa shape index (κ3) is 4.62. The molecule has 0 amide bonds. The predicted octanol–water partition coefficient (Wildman–Crippen LogP) is 3.57. The highest BCUT2D eigenvalue weighted by atomic mass is 35.5. The number of rotatable bonds is 5. The second-order valence-corrected chi connectivity index (χ2v) is 6.07. The van der Waals surface area contributed by atoms with Crippen molar-refractivity contribution >= 4 is 17.4 Å². The molecule has 1 rings (SSSR count). The summed E-state index contributed by atoms with van der Waals surface area (Å²) in [6.07, 6.45) is 0.135. The maximum Gasteiger partial charge on any atom is 0.137 e. The van der Waals surface area contributed by atoms with E-state index in [9.17, 15) is 0 Å². The molecule has 0 spiro atoms. The van der Waals surface area contributed by atoms with Gasteiger partial charge >= 0.3 is 0 Å². The molecular weight excluding hydrogens is 262 g/mol. The third-order valence-electron chi connectivity index (χ3n) is 2.77. The smallest absolute Gasteiger partial charge is 0.137 e. The van der Waals surface area contributed by atoms with E-state index in [1.54, 1.807) is 0 Å². The van der Waals surface area contributed by atoms with E-state index >= 15 is 0 Å². The molecule has 19 heavy (non-hydrogen) atoms. The van der Waals surface area contributed by atoms with Gasteiger partial charge in [0.1, 0.15) is 16.8 Å². The van der Waals surface area contributed by atoms with Gasteiger partial charge in [-0.05, 0) is 20.8 Å². The number of aromatic nitrogens is 2. The molecule has 0 aliphatic rings. The van der Waals surface area contributed by atoms with E-state index in [-0.39, 0.29) is 11.5 Å². The summed E-state index contributed by atoms with van der Waals surface area (Å²) in [5.74, 6) is 1.53. The van der Waals surface area contributed by atoms with Gasteiger partial charge in [-0.2, -0.15) is 0 Å². The first-order valence-corrected chi connectivity index (χ1v) is 7.03. The summed E-state index contributed by atoms with van der Waals surface area (Å²) >= 11 is 6.18. The van der Waals surface area contributed by atoms with Crippen molar-refractivity contribution < 1.29 is 4.74 Å². The van der Waals surface area contributed by atoms with Gasteiger partial charge in [-0.25, -0.2) is 9.97 Å². The number of hydrogen-bond acceptors (Lipinski definition) is 4. The Kier molecular flexibility index (Phi) is 5.56. The lowest BCUT2D eigenvalue weighted by molar-refractivity contribution is 0.0854. The number of anilines is 1. The summed E-state index contributed by atoms with van der Waals surface area (Å²) in [5.41, 5.74) is 0.748. The summed E-state index contributed by atoms with van der Waals surface area (Å²) in [5, 5.41) is 3.80. The van der Waals surface area contributed by atoms with Gasteiger partial charge in [0.05, 0.1) is 6.10 Å². The molecule has 0 saturated carbocycles. The van der Waals surface area contributed by atoms with Crippen LogP contribution < -0.4 is 5.32 Å². The van der Waals surface area contributed by atoms with Crippen LogP contribution in [0.3, 0.4) is 0 Å². The summed E-state index contributed by atoms with van der Waals surface area (Å²) in [6, 6.07) is 0. The van der Waals surface area contributed by atoms with E-state index in [4.69, 9.17) is 16.3 Å². The zero-order valence-electron chi connectivity index (χ0n) is 12.7. The van der Waals surface area contributed by atoms with Crippen molar-refractivity contribution in [3.8, 4) is 0 Å². The fraction of sp³-hybridized carbons (Fsp3) is 0.714. The maximum absolute atomic E-state index is 6.18. The van der Waals surface area contributed by atoms with Gasteiger partial charge in [0.25, 0.3) is 0 Å². The van der Waals surface area contributed by atoms with Gasteiger partial charge in [-0.15, -0.1) is 0 Å². The van der Waals surface area contributed by atoms with Crippen LogP contribution >= 0.6 is 11.6 Å². The molecule has 0 aromatic carbocycles. The molecule has 1 N–H and O–H groups in total. The highest BCUT2D eigenvalue weighted by molar-refractivity contribution is 6.30. The van der Waals surface area contributed by atoms with E-state index in [0.29, 0.717) is 18.3 Å². The molecule has 0 bridgehead atoms. The highest BCUT2D eigenvalue weighted by Gasteiger charge is 2.20. The van der Waals surface area contributed by atoms with Crippen molar-refractivity contribution in [2.45, 2.75) is 53.1 Å². The first kappa shape index (κ1) is 16.2. The average molecular weight is 286 g/mol. The number of ether oxygens (including phenoxy) is 1. The average Bonchev–Trinajstić information content (AvgIpc) is 2.30. The molecule has 1 aromatic heterocycles. The highest BCUT2D eigenvalue weighted by Crippen LogP contribution is 2.26. The maximum atomic E-state index is 6.18. The molecule has 0 fully saturated rings. The van der Waals surface area contributed by atoms with Gasteiger partial charge in [0.2, 0.25) is 0 Å². The molecule has 1 aromatic rings. The summed E-state index contributed by atoms with van der Waals surface area (Å²) in [4.78, 5) is 8.93. The lowest BCUT2D eigenvalue weighted by Gasteiger charge is -2.20. The van der Waals surface area contributed by atoms with Crippen LogP contribution in [0.25, 0.3) is 0 Å². The largest absolute Gasteiger partial charge is 0.377 e. The minimum absolute atomic E-state index is 0.126. The lowest BCUT2D eigenvalue weighted by atomic mass is 9.95. The van der Waals surface area contributed by atoms with Crippen LogP contribution in [0.4, 0.5) is 5.82 Å². The van der Waals surface area contributed by atoms with Crippen molar-refractivity contribution in [1.82, 2.24) is 9.97 Å². The van der Waals surface area contributed by atoms with Crippen LogP contribution in [0.2, 0.25) is 5.15 Å². The fourth-order valence-corrected chi connectivity index (χ4v) is 1.75. The Labute approximate surface area is 120 Å². The molecule has 0 radical (unpaired) electrons. The van der Waals surface area contributed by atoms with Crippen LogP contribution in [0, 0.1) is 6.92 Å². The van der Waals surface area contributed by atoms with Crippen molar-refractivity contribution in [1.29, 1.82) is 0 Å². The SMILES string of the molecule is CCOC(C)CNc1nc(C(C)(C)C)nc(Cl)c1C. The Morgan fingerprint density at radius 2 is 1.95 bits per heavy atom. The zero-order chi connectivity index (χ0) is 14.6. The molecule has 0 saturated heterocycles. The first-order valence-electron chi connectivity index (χ1n) is 6.65. The molecule has 5 heteroatoms. The molecule has 1 unspecified atom stereocenters. The summed E-state index contributed by atoms with van der Waals surface area (Å²) in [6.45, 7) is 13.6. The minimum atomic E-state index is -0.126. The second kappa shape index (κ2) is 6.53. The van der Waals surface area contributed by atoms with E-state index in [2.05, 4.69) is 36.1 Å². The second-order valence-electron chi connectivity index (χ2n) is 5.71. The summed E-state index contributed by atoms with van der Waals surface area (Å²) in [7, 11) is 0. The number of nitrogens with zero attached hydrogens (tertiary/aromatic N) is 2. The van der Waals surface area contributed by atoms with Crippen molar-refractivity contribution in [2.24, 2.45) is 0 Å². The first-order chi connectivity index (χ1) is 8.75. The van der Waals surface area contributed by atoms with Crippen LogP contribution in [-0.2, 0) is 10.2 Å². The zero-order valence-corrected chi connectivity index (χ0v) is 13.4. The van der Waals surface area contributed by atoms with Gasteiger partial charge in [-0.1, -0.05) is 32.4 Å². The van der Waals surface area contributed by atoms with Gasteiger partial charge in [-0.3, -0.25) is 0 Å². The molecule has 1 atom stereocenters. The molecule has 1 heterocycles. The van der Waals surface area contributed by atoms with E-state index in [1.165, 1.54) is 0 Å². The van der Waals surface area contributed by atoms with Crippen LogP contribution in [0.15, 0.2) is 0 Å². The topological polar surface area (TPSA) is 47.0 Å². The fourth-order valence-electron chi connectivity index (χ4n) is 1.58. The normalized spacial score (nSPS) is 13.4. The molecule has 108 valence electrons. The number of nitrogens with one attached hydrogen (secondary N) is 1. The van der Waals surface area contributed by atoms with Crippen molar-refractivity contribution in [3.63, 3.8) is 0 Å². The Hall–Kier alpha value is -0.870. The standard InChI is InChI=1S/C14H24ClN3O/c1-7-19-9(2)8-16-12-10(3)11(15)17-13(18-12)14(4,5)6/h9H,7-8H2,1-6H3,(H,16,17,18). The Morgan fingerprint density at radius 1 is 1.32 bits per heavy atom. The monoisotopic (exact) mass is 285 g/mol. The Bertz CT molecular complexity index is 429. The molecule has 4 nitrogen and oxygen atoms in total. The van der Waals surface area contributed by atoms with Crippen LogP contribution in [0.5, 0.6) is 0 Å². The van der Waals surface area contributed by atoms with Crippen molar-refractivity contribution in [2.75, 3.05) is 18.5 Å². The van der Waals surface area contributed by atoms with Crippen LogP contribution in [0.1, 0.15) is 46.0 Å². The molecule has 0 aliphatic carbocycles. The van der Waals surface area contributed by atoms with Gasteiger partial charge in [0, 0.05) is 24.1 Å². The predicted molar refractivity (Wildman–Crippen MR) is 80.1 cm³/mol. The van der Waals surface area contributed by atoms with Gasteiger partial charge < -0.3 is 10.1 Å². The Morgan fingerprint density at radius 3 is 2.47 bits per heavy atom. The summed E-state index contributed by atoms with van der Waals surface area (Å²) < 4.78 is 5.49.